The van der Waals surface area contributed by atoms with Crippen LogP contribution in [0.3, 0.4) is 0 Å². The maximum absolute atomic E-state index is 14.1. The molecule has 1 aromatic heterocycles. The highest BCUT2D eigenvalue weighted by molar-refractivity contribution is 7.98. The van der Waals surface area contributed by atoms with E-state index < -0.39 is 12.0 Å². The van der Waals surface area contributed by atoms with Crippen molar-refractivity contribution in [2.75, 3.05) is 12.4 Å². The zero-order chi connectivity index (χ0) is 26.6. The Morgan fingerprint density at radius 2 is 1.84 bits per heavy atom. The van der Waals surface area contributed by atoms with E-state index in [1.807, 2.05) is 48.5 Å². The molecule has 0 aliphatic carbocycles. The minimum Gasteiger partial charge on any atom is -0.489 e. The van der Waals surface area contributed by atoms with Gasteiger partial charge in [-0.05, 0) is 53.9 Å². The van der Waals surface area contributed by atoms with Crippen molar-refractivity contribution in [3.8, 4) is 5.75 Å². The van der Waals surface area contributed by atoms with Crippen molar-refractivity contribution in [3.63, 3.8) is 0 Å². The fourth-order valence-electron chi connectivity index (χ4n) is 4.13. The van der Waals surface area contributed by atoms with E-state index >= 15 is 0 Å². The lowest BCUT2D eigenvalue weighted by Crippen LogP contribution is -2.29. The number of thioether (sulfide) groups is 1. The van der Waals surface area contributed by atoms with Gasteiger partial charge < -0.3 is 14.8 Å². The highest BCUT2D eigenvalue weighted by Gasteiger charge is 2.35. The van der Waals surface area contributed by atoms with Gasteiger partial charge in [0.1, 0.15) is 24.2 Å². The first-order valence-electron chi connectivity index (χ1n) is 11.8. The number of ether oxygens (including phenoxy) is 2. The van der Waals surface area contributed by atoms with Gasteiger partial charge in [-0.25, -0.2) is 13.9 Å². The third-order valence-corrected chi connectivity index (χ3v) is 7.21. The van der Waals surface area contributed by atoms with Crippen molar-refractivity contribution >= 4 is 35.3 Å². The lowest BCUT2D eigenvalue weighted by Gasteiger charge is -2.27. The lowest BCUT2D eigenvalue weighted by molar-refractivity contribution is -0.136. The summed E-state index contributed by atoms with van der Waals surface area (Å²) in [6, 6.07) is 21.0. The van der Waals surface area contributed by atoms with Gasteiger partial charge in [-0.3, -0.25) is 0 Å². The van der Waals surface area contributed by atoms with Crippen molar-refractivity contribution < 1.29 is 18.7 Å². The highest BCUT2D eigenvalue weighted by atomic mass is 35.5. The van der Waals surface area contributed by atoms with Crippen LogP contribution < -0.4 is 10.1 Å². The zero-order valence-electron chi connectivity index (χ0n) is 20.7. The number of aromatic nitrogens is 3. The molecule has 0 spiro atoms. The predicted molar refractivity (Wildman–Crippen MR) is 145 cm³/mol. The van der Waals surface area contributed by atoms with Crippen LogP contribution in [0, 0.1) is 5.82 Å². The summed E-state index contributed by atoms with van der Waals surface area (Å²) < 4.78 is 26.8. The number of halogens is 2. The fourth-order valence-corrected chi connectivity index (χ4v) is 5.07. The molecule has 0 amide bonds. The van der Waals surface area contributed by atoms with E-state index in [0.29, 0.717) is 51.1 Å². The molecule has 0 saturated carbocycles. The molecule has 4 aromatic rings. The number of anilines is 1. The standard InChI is InChI=1S/C28H24ClFN4O3S/c1-17-24(26(35)36-2)25(19-9-13-22(14-10-19)37-15-18-7-11-21(29)12-8-18)34-27(31-17)32-28(33-34)38-16-20-5-3-4-6-23(20)30/h3-14,25H,15-16H2,1-2H3,(H,31,32,33). The van der Waals surface area contributed by atoms with Gasteiger partial charge in [-0.1, -0.05) is 65.8 Å². The normalized spacial score (nSPS) is 14.6. The molecule has 7 nitrogen and oxygen atoms in total. The number of carbonyl (C=O) groups excluding carboxylic acids is 1. The number of hydrogen-bond donors (Lipinski definition) is 1. The van der Waals surface area contributed by atoms with E-state index in [2.05, 4.69) is 15.4 Å². The second-order valence-corrected chi connectivity index (χ2v) is 9.96. The molecule has 0 radical (unpaired) electrons. The minimum atomic E-state index is -0.570. The second kappa shape index (κ2) is 11.3. The topological polar surface area (TPSA) is 78.3 Å². The molecule has 5 rings (SSSR count). The van der Waals surface area contributed by atoms with Crippen molar-refractivity contribution in [1.82, 2.24) is 14.8 Å². The Morgan fingerprint density at radius 3 is 2.55 bits per heavy atom. The molecule has 0 bridgehead atoms. The van der Waals surface area contributed by atoms with Crippen LogP contribution in [0.2, 0.25) is 5.02 Å². The van der Waals surface area contributed by atoms with Crippen molar-refractivity contribution in [2.45, 2.75) is 30.5 Å². The van der Waals surface area contributed by atoms with Gasteiger partial charge in [0, 0.05) is 16.5 Å². The van der Waals surface area contributed by atoms with Crippen LogP contribution in [0.15, 0.2) is 89.2 Å². The van der Waals surface area contributed by atoms with Crippen LogP contribution in [0.4, 0.5) is 10.3 Å². The molecule has 2 heterocycles. The maximum Gasteiger partial charge on any atom is 0.338 e. The molecule has 10 heteroatoms. The van der Waals surface area contributed by atoms with Crippen LogP contribution in [0.25, 0.3) is 0 Å². The summed E-state index contributed by atoms with van der Waals surface area (Å²) in [5.74, 6) is 0.794. The van der Waals surface area contributed by atoms with Crippen LogP contribution in [-0.4, -0.2) is 27.8 Å². The van der Waals surface area contributed by atoms with E-state index in [0.717, 1.165) is 11.1 Å². The second-order valence-electron chi connectivity index (χ2n) is 8.58. The molecule has 1 unspecified atom stereocenters. The molecule has 1 atom stereocenters. The van der Waals surface area contributed by atoms with Gasteiger partial charge in [0.2, 0.25) is 11.1 Å². The Bertz CT molecular complexity index is 1490. The SMILES string of the molecule is COC(=O)C1=C(C)Nc2nc(SCc3ccccc3F)nn2C1c1ccc(OCc2ccc(Cl)cc2)cc1. The number of fused-ring (bicyclic) bond motifs is 1. The molecule has 38 heavy (non-hydrogen) atoms. The molecule has 1 N–H and O–H groups in total. The smallest absolute Gasteiger partial charge is 0.338 e. The van der Waals surface area contributed by atoms with Crippen LogP contribution >= 0.6 is 23.4 Å². The van der Waals surface area contributed by atoms with E-state index in [9.17, 15) is 9.18 Å². The number of rotatable bonds is 8. The number of carbonyl (C=O) groups is 1. The number of nitrogens with zero attached hydrogens (tertiary/aromatic N) is 3. The molecule has 194 valence electrons. The van der Waals surface area contributed by atoms with Crippen LogP contribution in [-0.2, 0) is 21.9 Å². The summed E-state index contributed by atoms with van der Waals surface area (Å²) in [5, 5.41) is 8.95. The monoisotopic (exact) mass is 550 g/mol. The Labute approximate surface area is 228 Å². The average molecular weight is 551 g/mol. The Kier molecular flexibility index (Phi) is 7.67. The Morgan fingerprint density at radius 1 is 1.11 bits per heavy atom. The van der Waals surface area contributed by atoms with E-state index in [1.165, 1.54) is 24.9 Å². The number of benzene rings is 3. The first-order valence-corrected chi connectivity index (χ1v) is 13.2. The molecule has 1 aliphatic rings. The summed E-state index contributed by atoms with van der Waals surface area (Å²) in [5.41, 5.74) is 3.41. The summed E-state index contributed by atoms with van der Waals surface area (Å²) in [7, 11) is 1.35. The molecule has 3 aromatic carbocycles. The number of allylic oxidation sites excluding steroid dienone is 1. The largest absolute Gasteiger partial charge is 0.489 e. The van der Waals surface area contributed by atoms with Crippen LogP contribution in [0.1, 0.15) is 29.7 Å². The van der Waals surface area contributed by atoms with Gasteiger partial charge in [0.25, 0.3) is 0 Å². The fraction of sp³-hybridized carbons (Fsp3) is 0.179. The van der Waals surface area contributed by atoms with Gasteiger partial charge in [0.05, 0.1) is 12.7 Å². The van der Waals surface area contributed by atoms with Crippen molar-refractivity contribution in [2.24, 2.45) is 0 Å². The quantitative estimate of drug-likeness (QED) is 0.201. The first-order chi connectivity index (χ1) is 18.4. The van der Waals surface area contributed by atoms with E-state index in [-0.39, 0.29) is 5.82 Å². The van der Waals surface area contributed by atoms with Crippen molar-refractivity contribution in [1.29, 1.82) is 0 Å². The van der Waals surface area contributed by atoms with Crippen LogP contribution in [0.5, 0.6) is 5.75 Å². The highest BCUT2D eigenvalue weighted by Crippen LogP contribution is 2.37. The first kappa shape index (κ1) is 25.8. The molecule has 0 fully saturated rings. The summed E-state index contributed by atoms with van der Waals surface area (Å²) >= 11 is 7.27. The number of hydrogen-bond acceptors (Lipinski definition) is 7. The lowest BCUT2D eigenvalue weighted by atomic mass is 9.96. The average Bonchev–Trinajstić information content (AvgIpc) is 3.34. The van der Waals surface area contributed by atoms with Gasteiger partial charge in [-0.2, -0.15) is 4.98 Å². The number of methoxy groups -OCH3 is 1. The number of esters is 1. The van der Waals surface area contributed by atoms with E-state index in [1.54, 1.807) is 29.8 Å². The van der Waals surface area contributed by atoms with Crippen molar-refractivity contribution in [3.05, 3.63) is 112 Å². The zero-order valence-corrected chi connectivity index (χ0v) is 22.2. The van der Waals surface area contributed by atoms with E-state index in [4.69, 9.17) is 21.1 Å². The summed E-state index contributed by atoms with van der Waals surface area (Å²) in [6.45, 7) is 2.19. The minimum absolute atomic E-state index is 0.274. The van der Waals surface area contributed by atoms with Gasteiger partial charge in [0.15, 0.2) is 0 Å². The van der Waals surface area contributed by atoms with Gasteiger partial charge in [-0.15, -0.1) is 5.10 Å². The third kappa shape index (κ3) is 5.54. The molecule has 0 saturated heterocycles. The molecule has 1 aliphatic heterocycles. The number of nitrogens with one attached hydrogen (secondary N) is 1. The molecular weight excluding hydrogens is 527 g/mol. The Hall–Kier alpha value is -3.82. The summed E-state index contributed by atoms with van der Waals surface area (Å²) in [6.07, 6.45) is 0. The maximum atomic E-state index is 14.1. The van der Waals surface area contributed by atoms with Gasteiger partial charge >= 0.3 is 5.97 Å². The molecular formula is C28H24ClFN4O3S. The summed E-state index contributed by atoms with van der Waals surface area (Å²) in [4.78, 5) is 17.4. The Balaban J connectivity index is 1.40. The third-order valence-electron chi connectivity index (χ3n) is 6.07. The predicted octanol–water partition coefficient (Wildman–Crippen LogP) is 6.40.